The zero-order valence-corrected chi connectivity index (χ0v) is 26.7. The molecule has 230 valence electrons. The maximum absolute atomic E-state index is 5.34. The van der Waals surface area contributed by atoms with Gasteiger partial charge < -0.3 is 0 Å². The van der Waals surface area contributed by atoms with Crippen molar-refractivity contribution in [2.75, 3.05) is 0 Å². The van der Waals surface area contributed by atoms with Crippen LogP contribution < -0.4 is 0 Å². The van der Waals surface area contributed by atoms with Crippen molar-refractivity contribution in [2.24, 2.45) is 0 Å². The Morgan fingerprint density at radius 2 is 0.837 bits per heavy atom. The van der Waals surface area contributed by atoms with Crippen LogP contribution in [0.1, 0.15) is 0 Å². The summed E-state index contributed by atoms with van der Waals surface area (Å²) in [5, 5.41) is 2.36. The van der Waals surface area contributed by atoms with E-state index in [4.69, 9.17) is 4.98 Å². The summed E-state index contributed by atoms with van der Waals surface area (Å²) < 4.78 is 2.39. The molecule has 0 aliphatic rings. The Morgan fingerprint density at radius 1 is 0.367 bits per heavy atom. The van der Waals surface area contributed by atoms with E-state index in [9.17, 15) is 0 Å². The zero-order chi connectivity index (χ0) is 32.6. The van der Waals surface area contributed by atoms with Crippen molar-refractivity contribution >= 4 is 21.8 Å². The zero-order valence-electron chi connectivity index (χ0n) is 26.7. The summed E-state index contributed by atoms with van der Waals surface area (Å²) in [6.07, 6.45) is 3.67. The lowest BCUT2D eigenvalue weighted by Crippen LogP contribution is -2.01. The maximum Gasteiger partial charge on any atom is 0.138 e. The molecule has 6 aromatic carbocycles. The number of hydrogen-bond acceptors (Lipinski definition) is 2. The highest BCUT2D eigenvalue weighted by atomic mass is 15.1. The van der Waals surface area contributed by atoms with Gasteiger partial charge in [0.1, 0.15) is 5.82 Å². The molecule has 9 rings (SSSR count). The number of aromatic nitrogens is 3. The topological polar surface area (TPSA) is 30.7 Å². The Hall–Kier alpha value is -6.58. The number of pyridine rings is 2. The molecule has 0 aliphatic carbocycles. The molecule has 0 saturated carbocycles. The first-order valence-electron chi connectivity index (χ1n) is 16.6. The van der Waals surface area contributed by atoms with Crippen LogP contribution in [0.5, 0.6) is 0 Å². The van der Waals surface area contributed by atoms with E-state index in [1.54, 1.807) is 6.20 Å². The van der Waals surface area contributed by atoms with Crippen molar-refractivity contribution in [3.8, 4) is 61.6 Å². The number of rotatable bonds is 6. The summed E-state index contributed by atoms with van der Waals surface area (Å²) in [4.78, 5) is 9.73. The van der Waals surface area contributed by atoms with Gasteiger partial charge in [-0.2, -0.15) is 0 Å². The average Bonchev–Trinajstić information content (AvgIpc) is 3.53. The molecular weight excluding hydrogens is 595 g/mol. The highest BCUT2D eigenvalue weighted by molar-refractivity contribution is 6.19. The van der Waals surface area contributed by atoms with Gasteiger partial charge in [0.25, 0.3) is 0 Å². The molecule has 0 bridgehead atoms. The molecule has 0 radical (unpaired) electrons. The fraction of sp³-hybridized carbons (Fsp3) is 0. The fourth-order valence-corrected chi connectivity index (χ4v) is 7.00. The molecule has 0 N–H and O–H groups in total. The minimum atomic E-state index is 0.857. The quantitative estimate of drug-likeness (QED) is 0.184. The maximum atomic E-state index is 5.34. The third kappa shape index (κ3) is 5.18. The second-order valence-corrected chi connectivity index (χ2v) is 12.3. The Kier molecular flexibility index (Phi) is 7.14. The summed E-state index contributed by atoms with van der Waals surface area (Å²) in [6.45, 7) is 0. The molecule has 3 heteroatoms. The smallest absolute Gasteiger partial charge is 0.138 e. The first-order valence-corrected chi connectivity index (χ1v) is 16.6. The molecular formula is C46H31N3. The Morgan fingerprint density at radius 3 is 1.31 bits per heavy atom. The van der Waals surface area contributed by atoms with Gasteiger partial charge in [-0.25, -0.2) is 4.98 Å². The standard InChI is InChI=1S/C46H31N3/c1-5-15-32(16-6-1)37-27-39(34-19-9-3-10-20-34)45-41(29-37)42-30-38(33-17-7-2-8-18-33)28-40(35-21-11-4-12-22-35)46(42)49(45)44-25-13-24-43(48-44)36-23-14-26-47-31-36/h1-31H. The summed E-state index contributed by atoms with van der Waals surface area (Å²) >= 11 is 0. The Bertz CT molecular complexity index is 2420. The van der Waals surface area contributed by atoms with Crippen LogP contribution in [-0.2, 0) is 0 Å². The number of fused-ring (bicyclic) bond motifs is 3. The molecule has 0 saturated heterocycles. The molecule has 49 heavy (non-hydrogen) atoms. The van der Waals surface area contributed by atoms with Crippen molar-refractivity contribution in [1.82, 2.24) is 14.5 Å². The summed E-state index contributed by atoms with van der Waals surface area (Å²) in [7, 11) is 0. The molecule has 9 aromatic rings. The van der Waals surface area contributed by atoms with E-state index in [1.165, 1.54) is 33.0 Å². The van der Waals surface area contributed by atoms with Crippen molar-refractivity contribution in [1.29, 1.82) is 0 Å². The molecule has 3 aromatic heterocycles. The van der Waals surface area contributed by atoms with Crippen LogP contribution in [-0.4, -0.2) is 14.5 Å². The van der Waals surface area contributed by atoms with Crippen LogP contribution in [0.4, 0.5) is 0 Å². The third-order valence-corrected chi connectivity index (χ3v) is 9.26. The fourth-order valence-electron chi connectivity index (χ4n) is 7.00. The number of nitrogens with zero attached hydrogens (tertiary/aromatic N) is 3. The molecule has 3 nitrogen and oxygen atoms in total. The van der Waals surface area contributed by atoms with Crippen molar-refractivity contribution in [3.05, 3.63) is 188 Å². The van der Waals surface area contributed by atoms with Gasteiger partial charge >= 0.3 is 0 Å². The predicted molar refractivity (Wildman–Crippen MR) is 204 cm³/mol. The van der Waals surface area contributed by atoms with Gasteiger partial charge in [-0.05, 0) is 81.9 Å². The van der Waals surface area contributed by atoms with Gasteiger partial charge in [0, 0.05) is 39.9 Å². The molecule has 0 atom stereocenters. The molecule has 0 aliphatic heterocycles. The molecule has 0 spiro atoms. The summed E-state index contributed by atoms with van der Waals surface area (Å²) in [6, 6.07) is 62.5. The van der Waals surface area contributed by atoms with Gasteiger partial charge in [0.15, 0.2) is 0 Å². The SMILES string of the molecule is c1ccc(-c2cc(-c3ccccc3)c3c(c2)c2cc(-c4ccccc4)cc(-c4ccccc4)c2n3-c2cccc(-c3cccnc3)n2)cc1. The molecule has 0 fully saturated rings. The van der Waals surface area contributed by atoms with Gasteiger partial charge in [0.2, 0.25) is 0 Å². The number of benzene rings is 6. The van der Waals surface area contributed by atoms with E-state index in [1.807, 2.05) is 12.3 Å². The molecule has 0 amide bonds. The Balaban J connectivity index is 1.48. The lowest BCUT2D eigenvalue weighted by Gasteiger charge is -2.16. The minimum Gasteiger partial charge on any atom is -0.293 e. The summed E-state index contributed by atoms with van der Waals surface area (Å²) in [5.74, 6) is 0.857. The minimum absolute atomic E-state index is 0.857. The van der Waals surface area contributed by atoms with E-state index in [-0.39, 0.29) is 0 Å². The third-order valence-electron chi connectivity index (χ3n) is 9.26. The van der Waals surface area contributed by atoms with E-state index in [0.717, 1.165) is 50.4 Å². The van der Waals surface area contributed by atoms with Crippen LogP contribution in [0.3, 0.4) is 0 Å². The van der Waals surface area contributed by atoms with Gasteiger partial charge in [-0.15, -0.1) is 0 Å². The van der Waals surface area contributed by atoms with Crippen LogP contribution in [0.25, 0.3) is 83.4 Å². The second kappa shape index (κ2) is 12.2. The van der Waals surface area contributed by atoms with E-state index < -0.39 is 0 Å². The second-order valence-electron chi connectivity index (χ2n) is 12.3. The lowest BCUT2D eigenvalue weighted by atomic mass is 9.93. The van der Waals surface area contributed by atoms with Crippen LogP contribution in [0.15, 0.2) is 188 Å². The average molecular weight is 626 g/mol. The molecule has 3 heterocycles. The molecule has 0 unspecified atom stereocenters. The van der Waals surface area contributed by atoms with Crippen LogP contribution in [0.2, 0.25) is 0 Å². The van der Waals surface area contributed by atoms with E-state index in [0.29, 0.717) is 0 Å². The monoisotopic (exact) mass is 625 g/mol. The largest absolute Gasteiger partial charge is 0.293 e. The Labute approximate surface area is 285 Å². The number of hydrogen-bond donors (Lipinski definition) is 0. The van der Waals surface area contributed by atoms with Crippen molar-refractivity contribution < 1.29 is 0 Å². The van der Waals surface area contributed by atoms with Crippen LogP contribution in [0, 0.1) is 0 Å². The van der Waals surface area contributed by atoms with Crippen molar-refractivity contribution in [3.63, 3.8) is 0 Å². The highest BCUT2D eigenvalue weighted by Crippen LogP contribution is 2.45. The van der Waals surface area contributed by atoms with Gasteiger partial charge in [-0.3, -0.25) is 9.55 Å². The van der Waals surface area contributed by atoms with Gasteiger partial charge in [0.05, 0.1) is 16.7 Å². The predicted octanol–water partition coefficient (Wildman–Crippen LogP) is 11.9. The van der Waals surface area contributed by atoms with E-state index >= 15 is 0 Å². The van der Waals surface area contributed by atoms with E-state index in [2.05, 4.69) is 179 Å². The normalized spacial score (nSPS) is 11.3. The first kappa shape index (κ1) is 28.6. The first-order chi connectivity index (χ1) is 24.3. The highest BCUT2D eigenvalue weighted by Gasteiger charge is 2.23. The van der Waals surface area contributed by atoms with Crippen LogP contribution >= 0.6 is 0 Å². The lowest BCUT2D eigenvalue weighted by molar-refractivity contribution is 1.08. The van der Waals surface area contributed by atoms with Gasteiger partial charge in [-0.1, -0.05) is 127 Å². The summed E-state index contributed by atoms with van der Waals surface area (Å²) in [5.41, 5.74) is 13.4. The van der Waals surface area contributed by atoms with Crippen molar-refractivity contribution in [2.45, 2.75) is 0 Å².